The van der Waals surface area contributed by atoms with Gasteiger partial charge in [0.25, 0.3) is 0 Å². The van der Waals surface area contributed by atoms with Gasteiger partial charge in [-0.15, -0.1) is 0 Å². The Morgan fingerprint density at radius 1 is 1.08 bits per heavy atom. The van der Waals surface area contributed by atoms with Gasteiger partial charge < -0.3 is 14.8 Å². The SMILES string of the molecule is CCCCCNCc1c(Br)ccc(OC)c1OCc1ccc(Cl)cc1. The molecule has 136 valence electrons. The summed E-state index contributed by atoms with van der Waals surface area (Å²) in [6.07, 6.45) is 3.64. The molecule has 0 spiro atoms. The molecule has 0 saturated carbocycles. The van der Waals surface area contributed by atoms with E-state index >= 15 is 0 Å². The van der Waals surface area contributed by atoms with Gasteiger partial charge >= 0.3 is 0 Å². The van der Waals surface area contributed by atoms with Crippen LogP contribution in [-0.2, 0) is 13.2 Å². The van der Waals surface area contributed by atoms with E-state index in [1.807, 2.05) is 36.4 Å². The van der Waals surface area contributed by atoms with Crippen LogP contribution in [0.1, 0.15) is 37.3 Å². The van der Waals surface area contributed by atoms with Crippen LogP contribution in [0, 0.1) is 0 Å². The lowest BCUT2D eigenvalue weighted by molar-refractivity contribution is 0.280. The summed E-state index contributed by atoms with van der Waals surface area (Å²) in [5, 5.41) is 4.21. The Hall–Kier alpha value is -1.23. The highest BCUT2D eigenvalue weighted by atomic mass is 79.9. The van der Waals surface area contributed by atoms with Crippen molar-refractivity contribution in [1.29, 1.82) is 0 Å². The predicted molar refractivity (Wildman–Crippen MR) is 108 cm³/mol. The summed E-state index contributed by atoms with van der Waals surface area (Å²) < 4.78 is 12.6. The number of hydrogen-bond acceptors (Lipinski definition) is 3. The van der Waals surface area contributed by atoms with E-state index in [0.717, 1.165) is 45.2 Å². The molecule has 3 nitrogen and oxygen atoms in total. The zero-order valence-corrected chi connectivity index (χ0v) is 17.1. The molecule has 0 fully saturated rings. The van der Waals surface area contributed by atoms with Crippen molar-refractivity contribution in [3.63, 3.8) is 0 Å². The minimum Gasteiger partial charge on any atom is -0.493 e. The van der Waals surface area contributed by atoms with E-state index in [1.54, 1.807) is 7.11 Å². The van der Waals surface area contributed by atoms with E-state index in [-0.39, 0.29) is 0 Å². The van der Waals surface area contributed by atoms with Gasteiger partial charge in [0.05, 0.1) is 7.11 Å². The van der Waals surface area contributed by atoms with Crippen LogP contribution in [0.3, 0.4) is 0 Å². The van der Waals surface area contributed by atoms with Crippen molar-refractivity contribution in [2.24, 2.45) is 0 Å². The third-order valence-electron chi connectivity index (χ3n) is 3.94. The van der Waals surface area contributed by atoms with Crippen LogP contribution in [0.25, 0.3) is 0 Å². The highest BCUT2D eigenvalue weighted by Gasteiger charge is 2.14. The van der Waals surface area contributed by atoms with Crippen LogP contribution >= 0.6 is 27.5 Å². The molecule has 0 unspecified atom stereocenters. The van der Waals surface area contributed by atoms with Crippen molar-refractivity contribution in [3.05, 3.63) is 57.0 Å². The molecule has 0 aliphatic rings. The number of halogens is 2. The molecule has 0 heterocycles. The Balaban J connectivity index is 2.10. The molecule has 0 bridgehead atoms. The minimum atomic E-state index is 0.465. The van der Waals surface area contributed by atoms with E-state index in [2.05, 4.69) is 28.2 Å². The number of unbranched alkanes of at least 4 members (excludes halogenated alkanes) is 2. The smallest absolute Gasteiger partial charge is 0.167 e. The summed E-state index contributed by atoms with van der Waals surface area (Å²) in [7, 11) is 1.66. The number of benzene rings is 2. The molecular weight excluding hydrogens is 402 g/mol. The Bertz CT molecular complexity index is 661. The van der Waals surface area contributed by atoms with E-state index < -0.39 is 0 Å². The first-order valence-corrected chi connectivity index (χ1v) is 9.76. The standard InChI is InChI=1S/C20H25BrClNO2/c1-3-4-5-12-23-13-17-18(21)10-11-19(24-2)20(17)25-14-15-6-8-16(22)9-7-15/h6-11,23H,3-5,12-14H2,1-2H3. The van der Waals surface area contributed by atoms with Crippen molar-refractivity contribution in [2.45, 2.75) is 39.3 Å². The summed E-state index contributed by atoms with van der Waals surface area (Å²) in [5.74, 6) is 1.51. The molecule has 0 amide bonds. The third kappa shape index (κ3) is 6.21. The van der Waals surface area contributed by atoms with Crippen molar-refractivity contribution in [1.82, 2.24) is 5.32 Å². The average Bonchev–Trinajstić information content (AvgIpc) is 2.62. The fourth-order valence-corrected chi connectivity index (χ4v) is 3.09. The number of hydrogen-bond donors (Lipinski definition) is 1. The number of nitrogens with one attached hydrogen (secondary N) is 1. The van der Waals surface area contributed by atoms with Crippen molar-refractivity contribution >= 4 is 27.5 Å². The van der Waals surface area contributed by atoms with Gasteiger partial charge in [-0.1, -0.05) is 59.4 Å². The second-order valence-electron chi connectivity index (χ2n) is 5.86. The van der Waals surface area contributed by atoms with Crippen LogP contribution in [0.15, 0.2) is 40.9 Å². The summed E-state index contributed by atoms with van der Waals surface area (Å²) in [5.41, 5.74) is 2.14. The normalized spacial score (nSPS) is 10.7. The van der Waals surface area contributed by atoms with Gasteiger partial charge in [-0.3, -0.25) is 0 Å². The first-order chi connectivity index (χ1) is 12.2. The summed E-state index contributed by atoms with van der Waals surface area (Å²) in [6, 6.07) is 11.6. The number of methoxy groups -OCH3 is 1. The number of ether oxygens (including phenoxy) is 2. The monoisotopic (exact) mass is 425 g/mol. The fraction of sp³-hybridized carbons (Fsp3) is 0.400. The molecule has 2 rings (SSSR count). The predicted octanol–water partition coefficient (Wildman–Crippen LogP) is 5.97. The van der Waals surface area contributed by atoms with Gasteiger partial charge in [-0.25, -0.2) is 0 Å². The van der Waals surface area contributed by atoms with Gasteiger partial charge in [0.2, 0.25) is 0 Å². The lowest BCUT2D eigenvalue weighted by Crippen LogP contribution is -2.16. The first kappa shape index (κ1) is 20.1. The fourth-order valence-electron chi connectivity index (χ4n) is 2.52. The maximum Gasteiger partial charge on any atom is 0.167 e. The van der Waals surface area contributed by atoms with Gasteiger partial charge in [0, 0.05) is 21.6 Å². The topological polar surface area (TPSA) is 30.5 Å². The molecule has 25 heavy (non-hydrogen) atoms. The molecular formula is C20H25BrClNO2. The summed E-state index contributed by atoms with van der Waals surface area (Å²) in [4.78, 5) is 0. The Morgan fingerprint density at radius 2 is 1.84 bits per heavy atom. The summed E-state index contributed by atoms with van der Waals surface area (Å²) >= 11 is 9.58. The molecule has 2 aromatic rings. The largest absolute Gasteiger partial charge is 0.493 e. The van der Waals surface area contributed by atoms with Crippen LogP contribution in [0.2, 0.25) is 5.02 Å². The van der Waals surface area contributed by atoms with E-state index in [9.17, 15) is 0 Å². The molecule has 0 saturated heterocycles. The van der Waals surface area contributed by atoms with Crippen LogP contribution in [0.4, 0.5) is 0 Å². The molecule has 0 radical (unpaired) electrons. The quantitative estimate of drug-likeness (QED) is 0.475. The van der Waals surface area contributed by atoms with Gasteiger partial charge in [-0.2, -0.15) is 0 Å². The molecule has 5 heteroatoms. The van der Waals surface area contributed by atoms with Crippen molar-refractivity contribution < 1.29 is 9.47 Å². The zero-order chi connectivity index (χ0) is 18.1. The minimum absolute atomic E-state index is 0.465. The maximum atomic E-state index is 6.11. The van der Waals surface area contributed by atoms with Crippen molar-refractivity contribution in [3.8, 4) is 11.5 Å². The average molecular weight is 427 g/mol. The van der Waals surface area contributed by atoms with Crippen LogP contribution in [0.5, 0.6) is 11.5 Å². The lowest BCUT2D eigenvalue weighted by Gasteiger charge is -2.17. The first-order valence-electron chi connectivity index (χ1n) is 8.59. The molecule has 0 atom stereocenters. The second kappa shape index (κ2) is 10.7. The Kier molecular flexibility index (Phi) is 8.59. The lowest BCUT2D eigenvalue weighted by atomic mass is 10.1. The van der Waals surface area contributed by atoms with Crippen LogP contribution < -0.4 is 14.8 Å². The van der Waals surface area contributed by atoms with Gasteiger partial charge in [0.15, 0.2) is 11.5 Å². The molecule has 0 aliphatic heterocycles. The number of rotatable bonds is 10. The molecule has 0 aliphatic carbocycles. The van der Waals surface area contributed by atoms with E-state index in [0.29, 0.717) is 6.61 Å². The Labute approximate surface area is 163 Å². The zero-order valence-electron chi connectivity index (χ0n) is 14.8. The second-order valence-corrected chi connectivity index (χ2v) is 7.15. The van der Waals surface area contributed by atoms with Crippen LogP contribution in [-0.4, -0.2) is 13.7 Å². The molecule has 2 aromatic carbocycles. The third-order valence-corrected chi connectivity index (χ3v) is 4.94. The maximum absolute atomic E-state index is 6.11. The van der Waals surface area contributed by atoms with E-state index in [1.165, 1.54) is 19.3 Å². The Morgan fingerprint density at radius 3 is 2.52 bits per heavy atom. The van der Waals surface area contributed by atoms with Crippen molar-refractivity contribution in [2.75, 3.05) is 13.7 Å². The molecule has 0 aromatic heterocycles. The molecule has 1 N–H and O–H groups in total. The summed E-state index contributed by atoms with van der Waals surface area (Å²) in [6.45, 7) is 4.40. The van der Waals surface area contributed by atoms with E-state index in [4.69, 9.17) is 21.1 Å². The van der Waals surface area contributed by atoms with Gasteiger partial charge in [0.1, 0.15) is 6.61 Å². The van der Waals surface area contributed by atoms with Gasteiger partial charge in [-0.05, 0) is 42.8 Å². The highest BCUT2D eigenvalue weighted by molar-refractivity contribution is 9.10. The highest BCUT2D eigenvalue weighted by Crippen LogP contribution is 2.36.